The SMILES string of the molecule is COc1cc(N=C(NC#N)Nc2cccc(OCCc3ccccc3)c2)ccc1-c1cnco1. The van der Waals surface area contributed by atoms with E-state index >= 15 is 0 Å². The maximum Gasteiger partial charge on any atom is 0.214 e. The van der Waals surface area contributed by atoms with Gasteiger partial charge in [0.05, 0.1) is 31.2 Å². The fourth-order valence-electron chi connectivity index (χ4n) is 3.30. The van der Waals surface area contributed by atoms with Crippen LogP contribution >= 0.6 is 0 Å². The molecule has 4 rings (SSSR count). The number of guanidine groups is 1. The van der Waals surface area contributed by atoms with Crippen LogP contribution in [0.3, 0.4) is 0 Å². The predicted octanol–water partition coefficient (Wildman–Crippen LogP) is 5.14. The zero-order valence-corrected chi connectivity index (χ0v) is 18.6. The molecule has 3 aromatic carbocycles. The monoisotopic (exact) mass is 453 g/mol. The summed E-state index contributed by atoms with van der Waals surface area (Å²) < 4.78 is 16.7. The zero-order valence-electron chi connectivity index (χ0n) is 18.6. The van der Waals surface area contributed by atoms with Crippen molar-refractivity contribution in [3.63, 3.8) is 0 Å². The quantitative estimate of drug-likeness (QED) is 0.165. The van der Waals surface area contributed by atoms with Crippen molar-refractivity contribution in [2.24, 2.45) is 4.99 Å². The zero-order chi connectivity index (χ0) is 23.6. The highest BCUT2D eigenvalue weighted by atomic mass is 16.5. The molecule has 0 radical (unpaired) electrons. The molecule has 1 aromatic heterocycles. The van der Waals surface area contributed by atoms with Gasteiger partial charge >= 0.3 is 0 Å². The van der Waals surface area contributed by atoms with Crippen molar-refractivity contribution in [3.8, 4) is 29.0 Å². The van der Waals surface area contributed by atoms with Crippen molar-refractivity contribution in [3.05, 3.63) is 91.0 Å². The summed E-state index contributed by atoms with van der Waals surface area (Å²) >= 11 is 0. The highest BCUT2D eigenvalue weighted by Crippen LogP contribution is 2.33. The van der Waals surface area contributed by atoms with Crippen LogP contribution < -0.4 is 20.1 Å². The summed E-state index contributed by atoms with van der Waals surface area (Å²) in [4.78, 5) is 8.45. The maximum absolute atomic E-state index is 9.19. The van der Waals surface area contributed by atoms with E-state index in [-0.39, 0.29) is 5.96 Å². The van der Waals surface area contributed by atoms with E-state index in [1.165, 1.54) is 12.0 Å². The number of ether oxygens (including phenoxy) is 2. The van der Waals surface area contributed by atoms with Crippen LogP contribution in [0.2, 0.25) is 0 Å². The van der Waals surface area contributed by atoms with Gasteiger partial charge in [-0.05, 0) is 29.8 Å². The largest absolute Gasteiger partial charge is 0.496 e. The first kappa shape index (κ1) is 22.4. The van der Waals surface area contributed by atoms with Crippen LogP contribution in [0.4, 0.5) is 11.4 Å². The molecule has 0 fully saturated rings. The van der Waals surface area contributed by atoms with Crippen LogP contribution in [0.15, 0.2) is 94.8 Å². The van der Waals surface area contributed by atoms with Crippen LogP contribution in [0.5, 0.6) is 11.5 Å². The van der Waals surface area contributed by atoms with Gasteiger partial charge in [0.25, 0.3) is 0 Å². The first-order chi connectivity index (χ1) is 16.7. The van der Waals surface area contributed by atoms with E-state index in [1.54, 1.807) is 25.4 Å². The molecule has 8 heteroatoms. The highest BCUT2D eigenvalue weighted by Gasteiger charge is 2.11. The molecule has 0 spiro atoms. The molecule has 2 N–H and O–H groups in total. The van der Waals surface area contributed by atoms with E-state index in [0.717, 1.165) is 23.4 Å². The number of aromatic nitrogens is 1. The summed E-state index contributed by atoms with van der Waals surface area (Å²) in [6.07, 6.45) is 5.69. The summed E-state index contributed by atoms with van der Waals surface area (Å²) in [7, 11) is 1.57. The summed E-state index contributed by atoms with van der Waals surface area (Å²) in [5.74, 6) is 2.14. The van der Waals surface area contributed by atoms with E-state index in [4.69, 9.17) is 13.9 Å². The molecule has 0 aliphatic heterocycles. The van der Waals surface area contributed by atoms with Gasteiger partial charge in [0.15, 0.2) is 18.3 Å². The number of nitriles is 1. The Morgan fingerprint density at radius 3 is 2.74 bits per heavy atom. The third-order valence-corrected chi connectivity index (χ3v) is 4.90. The van der Waals surface area contributed by atoms with Crippen LogP contribution in [-0.2, 0) is 6.42 Å². The maximum atomic E-state index is 9.19. The molecule has 170 valence electrons. The number of benzene rings is 3. The first-order valence-corrected chi connectivity index (χ1v) is 10.6. The van der Waals surface area contributed by atoms with Crippen molar-refractivity contribution in [1.29, 1.82) is 5.26 Å². The molecule has 0 atom stereocenters. The Morgan fingerprint density at radius 2 is 1.97 bits per heavy atom. The minimum Gasteiger partial charge on any atom is -0.496 e. The van der Waals surface area contributed by atoms with Gasteiger partial charge in [0.1, 0.15) is 11.5 Å². The van der Waals surface area contributed by atoms with E-state index in [1.807, 2.05) is 54.7 Å². The van der Waals surface area contributed by atoms with Crippen molar-refractivity contribution < 1.29 is 13.9 Å². The molecular weight excluding hydrogens is 430 g/mol. The lowest BCUT2D eigenvalue weighted by Gasteiger charge is -2.11. The van der Waals surface area contributed by atoms with Gasteiger partial charge < -0.3 is 19.2 Å². The van der Waals surface area contributed by atoms with Gasteiger partial charge in [-0.15, -0.1) is 0 Å². The van der Waals surface area contributed by atoms with Gasteiger partial charge in [0, 0.05) is 24.2 Å². The average Bonchev–Trinajstić information content (AvgIpc) is 3.40. The molecule has 4 aromatic rings. The lowest BCUT2D eigenvalue weighted by molar-refractivity contribution is 0.322. The van der Waals surface area contributed by atoms with Crippen molar-refractivity contribution >= 4 is 17.3 Å². The number of methoxy groups -OCH3 is 1. The number of oxazole rings is 1. The summed E-state index contributed by atoms with van der Waals surface area (Å²) in [5.41, 5.74) is 3.28. The molecule has 8 nitrogen and oxygen atoms in total. The summed E-state index contributed by atoms with van der Waals surface area (Å²) in [5, 5.41) is 14.9. The number of anilines is 1. The number of aliphatic imine (C=N–C) groups is 1. The number of rotatable bonds is 8. The van der Waals surface area contributed by atoms with Crippen molar-refractivity contribution in [2.45, 2.75) is 6.42 Å². The topological polar surface area (TPSA) is 105 Å². The van der Waals surface area contributed by atoms with Crippen LogP contribution in [0.1, 0.15) is 5.56 Å². The second-order valence-corrected chi connectivity index (χ2v) is 7.18. The second kappa shape index (κ2) is 11.2. The van der Waals surface area contributed by atoms with E-state index in [2.05, 4.69) is 32.7 Å². The number of hydrogen-bond acceptors (Lipinski definition) is 6. The lowest BCUT2D eigenvalue weighted by Crippen LogP contribution is -2.26. The standard InChI is InChI=1S/C26H23N5O3/c1-32-24-15-21(10-11-23(24)25-16-28-18-34-25)31-26(29-17-27)30-20-8-5-9-22(14-20)33-13-12-19-6-3-2-4-7-19/h2-11,14-16,18H,12-13H2,1H3,(H2,29,30,31). The Kier molecular flexibility index (Phi) is 7.39. The average molecular weight is 454 g/mol. The Balaban J connectivity index is 1.46. The third-order valence-electron chi connectivity index (χ3n) is 4.90. The van der Waals surface area contributed by atoms with E-state index in [0.29, 0.717) is 23.8 Å². The fourth-order valence-corrected chi connectivity index (χ4v) is 3.30. The van der Waals surface area contributed by atoms with Crippen molar-refractivity contribution in [1.82, 2.24) is 10.3 Å². The van der Waals surface area contributed by atoms with Crippen molar-refractivity contribution in [2.75, 3.05) is 19.0 Å². The Morgan fingerprint density at radius 1 is 1.09 bits per heavy atom. The molecule has 0 saturated carbocycles. The fraction of sp³-hybridized carbons (Fsp3) is 0.115. The van der Waals surface area contributed by atoms with E-state index in [9.17, 15) is 5.26 Å². The predicted molar refractivity (Wildman–Crippen MR) is 130 cm³/mol. The van der Waals surface area contributed by atoms with Crippen LogP contribution in [0.25, 0.3) is 11.3 Å². The van der Waals surface area contributed by atoms with Crippen LogP contribution in [0, 0.1) is 11.5 Å². The minimum atomic E-state index is 0.262. The molecule has 0 saturated heterocycles. The lowest BCUT2D eigenvalue weighted by atomic mass is 10.1. The number of hydrogen-bond donors (Lipinski definition) is 2. The summed E-state index contributed by atoms with van der Waals surface area (Å²) in [6.45, 7) is 0.558. The molecular formula is C26H23N5O3. The molecule has 0 amide bonds. The molecule has 1 heterocycles. The molecule has 0 aliphatic rings. The first-order valence-electron chi connectivity index (χ1n) is 10.6. The normalized spacial score (nSPS) is 10.9. The Bertz CT molecular complexity index is 1280. The molecule has 34 heavy (non-hydrogen) atoms. The molecule has 0 unspecified atom stereocenters. The molecule has 0 aliphatic carbocycles. The smallest absolute Gasteiger partial charge is 0.214 e. The van der Waals surface area contributed by atoms with Gasteiger partial charge in [-0.1, -0.05) is 36.4 Å². The van der Waals surface area contributed by atoms with Gasteiger partial charge in [-0.25, -0.2) is 9.98 Å². The van der Waals surface area contributed by atoms with Gasteiger partial charge in [-0.2, -0.15) is 5.26 Å². The molecule has 0 bridgehead atoms. The van der Waals surface area contributed by atoms with Gasteiger partial charge in [-0.3, -0.25) is 5.32 Å². The third kappa shape index (κ3) is 5.93. The summed E-state index contributed by atoms with van der Waals surface area (Å²) in [6, 6.07) is 23.0. The Hall–Kier alpha value is -4.77. The Labute approximate surface area is 197 Å². The van der Waals surface area contributed by atoms with Crippen LogP contribution in [-0.4, -0.2) is 24.7 Å². The van der Waals surface area contributed by atoms with E-state index < -0.39 is 0 Å². The number of nitrogens with zero attached hydrogens (tertiary/aromatic N) is 3. The minimum absolute atomic E-state index is 0.262. The van der Waals surface area contributed by atoms with Gasteiger partial charge in [0.2, 0.25) is 5.96 Å². The number of nitrogens with one attached hydrogen (secondary N) is 2. The second-order valence-electron chi connectivity index (χ2n) is 7.18. The highest BCUT2D eigenvalue weighted by molar-refractivity contribution is 5.96.